The normalized spacial score (nSPS) is 13.1. The van der Waals surface area contributed by atoms with E-state index in [2.05, 4.69) is 4.72 Å². The topological polar surface area (TPSA) is 46.2 Å². The highest BCUT2D eigenvalue weighted by Gasteiger charge is 2.23. The second-order valence-electron chi connectivity index (χ2n) is 4.43. The first kappa shape index (κ1) is 12.7. The number of nitrogens with one attached hydrogen (secondary N) is 1. The van der Waals surface area contributed by atoms with E-state index >= 15 is 0 Å². The van der Waals surface area contributed by atoms with Gasteiger partial charge < -0.3 is 0 Å². The molecule has 15 heavy (non-hydrogen) atoms. The third kappa shape index (κ3) is 3.59. The molecule has 0 bridgehead atoms. The zero-order valence-electron chi connectivity index (χ0n) is 9.49. The van der Waals surface area contributed by atoms with Gasteiger partial charge in [-0.1, -0.05) is 6.92 Å². The molecule has 0 saturated heterocycles. The maximum atomic E-state index is 11.9. The van der Waals surface area contributed by atoms with Gasteiger partial charge in [0.05, 0.1) is 0 Å². The fraction of sp³-hybridized carbons (Fsp3) is 0.600. The number of sulfonamides is 1. The van der Waals surface area contributed by atoms with Gasteiger partial charge in [-0.15, -0.1) is 11.3 Å². The van der Waals surface area contributed by atoms with E-state index < -0.39 is 15.6 Å². The van der Waals surface area contributed by atoms with Crippen molar-refractivity contribution in [3.8, 4) is 0 Å². The second kappa shape index (κ2) is 4.23. The van der Waals surface area contributed by atoms with Crippen molar-refractivity contribution in [3.05, 3.63) is 17.0 Å². The zero-order chi connectivity index (χ0) is 11.7. The Hall–Kier alpha value is -0.390. The van der Waals surface area contributed by atoms with Gasteiger partial charge in [0, 0.05) is 10.4 Å². The summed E-state index contributed by atoms with van der Waals surface area (Å²) in [6.45, 7) is 7.51. The SMILES string of the molecule is CCc1ccc(S(=O)(=O)NC(C)(C)C)s1. The highest BCUT2D eigenvalue weighted by atomic mass is 32.2. The van der Waals surface area contributed by atoms with Crippen LogP contribution >= 0.6 is 11.3 Å². The van der Waals surface area contributed by atoms with E-state index in [0.29, 0.717) is 4.21 Å². The molecule has 0 fully saturated rings. The van der Waals surface area contributed by atoms with Gasteiger partial charge in [0.25, 0.3) is 10.0 Å². The predicted molar refractivity (Wildman–Crippen MR) is 63.8 cm³/mol. The first-order valence-corrected chi connectivity index (χ1v) is 7.17. The van der Waals surface area contributed by atoms with Crippen LogP contribution in [0.5, 0.6) is 0 Å². The second-order valence-corrected chi connectivity index (χ2v) is 7.51. The minimum atomic E-state index is -3.34. The summed E-state index contributed by atoms with van der Waals surface area (Å²) in [5.41, 5.74) is -0.435. The molecule has 1 aromatic rings. The minimum absolute atomic E-state index is 0.397. The van der Waals surface area contributed by atoms with E-state index in [4.69, 9.17) is 0 Å². The number of thiophene rings is 1. The van der Waals surface area contributed by atoms with Crippen LogP contribution in [0.25, 0.3) is 0 Å². The number of aryl methyl sites for hydroxylation is 1. The molecule has 0 radical (unpaired) electrons. The maximum absolute atomic E-state index is 11.9. The highest BCUT2D eigenvalue weighted by molar-refractivity contribution is 7.91. The van der Waals surface area contributed by atoms with Gasteiger partial charge >= 0.3 is 0 Å². The van der Waals surface area contributed by atoms with Crippen LogP contribution < -0.4 is 4.72 Å². The van der Waals surface area contributed by atoms with E-state index in [9.17, 15) is 8.42 Å². The van der Waals surface area contributed by atoms with Crippen molar-refractivity contribution in [1.82, 2.24) is 4.72 Å². The maximum Gasteiger partial charge on any atom is 0.250 e. The smallest absolute Gasteiger partial charge is 0.206 e. The molecule has 0 aliphatic heterocycles. The molecular weight excluding hydrogens is 230 g/mol. The molecule has 0 saturated carbocycles. The van der Waals surface area contributed by atoms with Gasteiger partial charge in [0.15, 0.2) is 0 Å². The number of hydrogen-bond donors (Lipinski definition) is 1. The summed E-state index contributed by atoms with van der Waals surface area (Å²) in [5.74, 6) is 0. The Kier molecular flexibility index (Phi) is 3.58. The molecule has 1 aromatic heterocycles. The minimum Gasteiger partial charge on any atom is -0.206 e. The average Bonchev–Trinajstić information content (AvgIpc) is 2.47. The molecule has 0 amide bonds. The zero-order valence-corrected chi connectivity index (χ0v) is 11.1. The summed E-state index contributed by atoms with van der Waals surface area (Å²) < 4.78 is 26.8. The third-order valence-electron chi connectivity index (χ3n) is 1.69. The molecule has 1 rings (SSSR count). The molecule has 0 aliphatic rings. The first-order chi connectivity index (χ1) is 6.74. The van der Waals surface area contributed by atoms with Gasteiger partial charge in [-0.05, 0) is 39.3 Å². The van der Waals surface area contributed by atoms with E-state index in [1.807, 2.05) is 33.8 Å². The molecular formula is C10H17NO2S2. The van der Waals surface area contributed by atoms with Crippen molar-refractivity contribution in [2.24, 2.45) is 0 Å². The summed E-state index contributed by atoms with van der Waals surface area (Å²) >= 11 is 1.33. The molecule has 1 N–H and O–H groups in total. The van der Waals surface area contributed by atoms with E-state index in [-0.39, 0.29) is 0 Å². The first-order valence-electron chi connectivity index (χ1n) is 4.87. The van der Waals surface area contributed by atoms with Crippen molar-refractivity contribution in [3.63, 3.8) is 0 Å². The van der Waals surface area contributed by atoms with Crippen LogP contribution in [0.2, 0.25) is 0 Å². The lowest BCUT2D eigenvalue weighted by molar-refractivity contribution is 0.492. The Morgan fingerprint density at radius 3 is 2.33 bits per heavy atom. The molecule has 3 nitrogen and oxygen atoms in total. The number of rotatable bonds is 3. The van der Waals surface area contributed by atoms with Crippen LogP contribution in [-0.4, -0.2) is 14.0 Å². The standard InChI is InChI=1S/C10H17NO2S2/c1-5-8-6-7-9(14-8)15(12,13)11-10(2,3)4/h6-7,11H,5H2,1-4H3. The highest BCUT2D eigenvalue weighted by Crippen LogP contribution is 2.22. The Morgan fingerprint density at radius 1 is 1.33 bits per heavy atom. The largest absolute Gasteiger partial charge is 0.250 e. The van der Waals surface area contributed by atoms with Gasteiger partial charge in [-0.25, -0.2) is 13.1 Å². The summed E-state index contributed by atoms with van der Waals surface area (Å²) in [7, 11) is -3.34. The van der Waals surface area contributed by atoms with Crippen LogP contribution in [0.3, 0.4) is 0 Å². The lowest BCUT2D eigenvalue weighted by atomic mass is 10.1. The average molecular weight is 247 g/mol. The van der Waals surface area contributed by atoms with Crippen molar-refractivity contribution >= 4 is 21.4 Å². The van der Waals surface area contributed by atoms with E-state index in [0.717, 1.165) is 11.3 Å². The van der Waals surface area contributed by atoms with Crippen molar-refractivity contribution in [2.45, 2.75) is 43.9 Å². The van der Waals surface area contributed by atoms with Crippen molar-refractivity contribution in [1.29, 1.82) is 0 Å². The predicted octanol–water partition coefficient (Wildman–Crippen LogP) is 2.39. The number of hydrogen-bond acceptors (Lipinski definition) is 3. The van der Waals surface area contributed by atoms with Crippen LogP contribution in [0.4, 0.5) is 0 Å². The lowest BCUT2D eigenvalue weighted by Crippen LogP contribution is -2.40. The third-order valence-corrected chi connectivity index (χ3v) is 5.17. The molecule has 5 heteroatoms. The van der Waals surface area contributed by atoms with Crippen LogP contribution in [0.15, 0.2) is 16.3 Å². The van der Waals surface area contributed by atoms with Gasteiger partial charge in [-0.3, -0.25) is 0 Å². The Labute approximate surface area is 95.6 Å². The van der Waals surface area contributed by atoms with Crippen molar-refractivity contribution in [2.75, 3.05) is 0 Å². The lowest BCUT2D eigenvalue weighted by Gasteiger charge is -2.19. The Balaban J connectivity index is 2.96. The van der Waals surface area contributed by atoms with Crippen molar-refractivity contribution < 1.29 is 8.42 Å². The molecule has 0 aromatic carbocycles. The Morgan fingerprint density at radius 2 is 1.93 bits per heavy atom. The van der Waals surface area contributed by atoms with Crippen LogP contribution in [0, 0.1) is 0 Å². The fourth-order valence-electron chi connectivity index (χ4n) is 1.15. The van der Waals surface area contributed by atoms with Gasteiger partial charge in [-0.2, -0.15) is 0 Å². The quantitative estimate of drug-likeness (QED) is 0.891. The van der Waals surface area contributed by atoms with E-state index in [1.165, 1.54) is 11.3 Å². The molecule has 0 unspecified atom stereocenters. The summed E-state index contributed by atoms with van der Waals surface area (Å²) in [4.78, 5) is 1.09. The molecule has 1 heterocycles. The Bertz CT molecular complexity index is 427. The van der Waals surface area contributed by atoms with E-state index in [1.54, 1.807) is 6.07 Å². The van der Waals surface area contributed by atoms with Gasteiger partial charge in [0.1, 0.15) is 4.21 Å². The molecule has 0 atom stereocenters. The monoisotopic (exact) mass is 247 g/mol. The molecule has 0 spiro atoms. The van der Waals surface area contributed by atoms with Gasteiger partial charge in [0.2, 0.25) is 0 Å². The fourth-order valence-corrected chi connectivity index (χ4v) is 3.86. The summed E-state index contributed by atoms with van der Waals surface area (Å²) in [6, 6.07) is 3.53. The summed E-state index contributed by atoms with van der Waals surface area (Å²) in [6.07, 6.45) is 0.871. The summed E-state index contributed by atoms with van der Waals surface area (Å²) in [5, 5.41) is 0. The molecule has 86 valence electrons. The molecule has 0 aliphatic carbocycles. The van der Waals surface area contributed by atoms with Crippen LogP contribution in [0.1, 0.15) is 32.6 Å². The van der Waals surface area contributed by atoms with Crippen LogP contribution in [-0.2, 0) is 16.4 Å².